The number of rotatable bonds is 6. The third-order valence-electron chi connectivity index (χ3n) is 1.08. The molecule has 0 saturated heterocycles. The Morgan fingerprint density at radius 2 is 0.500 bits per heavy atom. The van der Waals surface area contributed by atoms with Gasteiger partial charge in [-0.2, -0.15) is 0 Å². The largest absolute Gasteiger partial charge is 0.412 e. The maximum Gasteiger partial charge on any atom is -0.369 e. The Bertz CT molecular complexity index is 495. The Balaban J connectivity index is -0.0000000771. The zero-order chi connectivity index (χ0) is 14.9. The van der Waals surface area contributed by atoms with Gasteiger partial charge in [0, 0.05) is 0 Å². The van der Waals surface area contributed by atoms with E-state index < -0.39 is 4.01 Å². The van der Waals surface area contributed by atoms with Gasteiger partial charge in [-0.1, -0.05) is 0 Å². The second-order valence-corrected chi connectivity index (χ2v) is 39.8. The van der Waals surface area contributed by atoms with E-state index in [2.05, 4.69) is 0 Å². The Hall–Kier alpha value is -0.721. The Morgan fingerprint density at radius 1 is 0.385 bits per heavy atom. The van der Waals surface area contributed by atoms with Crippen molar-refractivity contribution in [1.29, 1.82) is 31.6 Å². The van der Waals surface area contributed by atoms with Crippen LogP contribution >= 0.6 is 61.1 Å². The first kappa shape index (κ1) is 49.9. The number of nitriles is 6. The van der Waals surface area contributed by atoms with Gasteiger partial charge < -0.3 is 40.4 Å². The second kappa shape index (κ2) is 19.1. The van der Waals surface area contributed by atoms with Crippen LogP contribution in [0.5, 0.6) is 0 Å². The summed E-state index contributed by atoms with van der Waals surface area (Å²) in [5, 5.41) is 64.4. The molecule has 0 aromatic heterocycles. The minimum Gasteiger partial charge on any atom is -0.412 e. The number of hydrogen-bond donors (Lipinski definition) is 3. The average Bonchev–Trinajstić information content (AvgIpc) is 2.31. The molecular weight excluding hydrogens is 510 g/mol. The topological polar surface area (TPSA) is 378 Å². The van der Waals surface area contributed by atoms with Crippen molar-refractivity contribution >= 4 is 61.1 Å². The zero-order valence-corrected chi connectivity index (χ0v) is 19.5. The molecule has 13 nitrogen and oxygen atoms in total. The van der Waals surface area contributed by atoms with E-state index >= 15 is 0 Å². The molecule has 20 N–H and O–H groups in total. The summed E-state index contributed by atoms with van der Waals surface area (Å²) < 4.78 is -4.90. The summed E-state index contributed by atoms with van der Waals surface area (Å²) >= 11 is 0. The summed E-state index contributed by atoms with van der Waals surface area (Å²) in [5.74, 6) is 0. The molecule has 0 spiro atoms. The number of hydrogen-bond acceptors (Lipinski definition) is 12. The molecule has 0 unspecified atom stereocenters. The van der Waals surface area contributed by atoms with E-state index in [0.717, 1.165) is 0 Å². The Morgan fingerprint density at radius 3 is 0.577 bits per heavy atom. The van der Waals surface area contributed by atoms with Gasteiger partial charge in [0.15, 0.2) is 0 Å². The number of quaternary nitrogens is 3. The van der Waals surface area contributed by atoms with Crippen molar-refractivity contribution in [1.82, 2.24) is 18.5 Å². The van der Waals surface area contributed by atoms with Crippen LogP contribution in [0.15, 0.2) is 0 Å². The van der Waals surface area contributed by atoms with E-state index in [-0.39, 0.29) is 40.4 Å². The van der Waals surface area contributed by atoms with Gasteiger partial charge in [-0.05, 0) is 0 Å². The fourth-order valence-corrected chi connectivity index (χ4v) is 22.9. The van der Waals surface area contributed by atoms with Gasteiger partial charge in [-0.25, -0.2) is 0 Å². The minimum absolute atomic E-state index is 0. The summed E-state index contributed by atoms with van der Waals surface area (Å²) in [4.78, 5) is 0. The fourth-order valence-electron chi connectivity index (χ4n) is 0.616. The molecule has 26 heavy (non-hydrogen) atoms. The van der Waals surface area contributed by atoms with Gasteiger partial charge in [0.1, 0.15) is 0 Å². The normalized spacial score (nSPS) is 9.46. The van der Waals surface area contributed by atoms with Crippen LogP contribution in [0.3, 0.4) is 0 Å². The van der Waals surface area contributed by atoms with E-state index in [0.29, 0.717) is 61.1 Å². The van der Waals surface area contributed by atoms with E-state index in [1.54, 1.807) is 32.4 Å². The van der Waals surface area contributed by atoms with Gasteiger partial charge in [0.05, 0.1) is 0 Å². The van der Waals surface area contributed by atoms with Crippen LogP contribution in [-0.4, -0.2) is 21.9 Å². The van der Waals surface area contributed by atoms with Gasteiger partial charge in [0.2, 0.25) is 0 Å². The van der Waals surface area contributed by atoms with Crippen LogP contribution < -0.4 is 18.5 Å². The first-order valence-corrected chi connectivity index (χ1v) is 15.7. The number of thiocyanates is 6. The third kappa shape index (κ3) is 9.28. The van der Waals surface area contributed by atoms with Crippen LogP contribution in [0.25, 0.3) is 0 Å². The minimum atomic E-state index is -4.90. The molecule has 0 aliphatic carbocycles. The summed E-state index contributed by atoms with van der Waals surface area (Å²) in [6.45, 7) is 0. The Kier molecular flexibility index (Phi) is 36.6. The molecule has 20 heteroatoms. The SMILES string of the molecule is N#C[S][Fe-3]([S]C#N)([S]C#N)([S]C#N)([S]C#N)[S]C#N.O.O.O.O.[NH4+].[NH4+].[NH4+]. The van der Waals surface area contributed by atoms with Gasteiger partial charge >= 0.3 is 129 Å². The summed E-state index contributed by atoms with van der Waals surface area (Å²) in [5.41, 5.74) is 0. The molecule has 157 valence electrons. The monoisotopic (exact) mass is 530 g/mol. The third-order valence-corrected chi connectivity index (χ3v) is 35.2. The van der Waals surface area contributed by atoms with Crippen LogP contribution in [0.4, 0.5) is 0 Å². The second-order valence-electron chi connectivity index (χ2n) is 1.86. The van der Waals surface area contributed by atoms with E-state index in [1.165, 1.54) is 0 Å². The first-order valence-electron chi connectivity index (χ1n) is 3.43. The molecule has 0 amide bonds. The molecule has 0 fully saturated rings. The van der Waals surface area contributed by atoms with E-state index in [4.69, 9.17) is 31.6 Å². The molecule has 0 heterocycles. The summed E-state index contributed by atoms with van der Waals surface area (Å²) in [6, 6.07) is 0. The first-order chi connectivity index (χ1) is 8.97. The summed E-state index contributed by atoms with van der Waals surface area (Å²) in [7, 11) is 2.97. The van der Waals surface area contributed by atoms with Gasteiger partial charge in [0.25, 0.3) is 0 Å². The van der Waals surface area contributed by atoms with Crippen LogP contribution in [0.1, 0.15) is 0 Å². The van der Waals surface area contributed by atoms with Crippen LogP contribution in [0.2, 0.25) is 0 Å². The average molecular weight is 531 g/mol. The molecule has 0 atom stereocenters. The molecule has 0 bridgehead atoms. The maximum atomic E-state index is 9.00. The molecular formula is C6H20FeN9O4S6. The van der Waals surface area contributed by atoms with Crippen molar-refractivity contribution in [2.45, 2.75) is 0 Å². The van der Waals surface area contributed by atoms with Crippen LogP contribution in [-0.2, 0) is 4.01 Å². The predicted octanol–water partition coefficient (Wildman–Crippen LogP) is 1.82. The molecule has 0 rings (SSSR count). The molecule has 0 saturated carbocycles. The standard InChI is InChI=1S/6CHNS.Fe.3H3N.4H2O/c6*2-1-3;;;;;;;;/h6*3H;;3*1H3;4*1H2/q;;;;;;+3;;;;;;;/p-3. The quantitative estimate of drug-likeness (QED) is 0.326. The van der Waals surface area contributed by atoms with Crippen molar-refractivity contribution in [3.8, 4) is 32.4 Å². The maximum absolute atomic E-state index is 9.00. The van der Waals surface area contributed by atoms with Gasteiger partial charge in [-0.15, -0.1) is 0 Å². The smallest absolute Gasteiger partial charge is 0.369 e. The molecule has 0 aliphatic rings. The van der Waals surface area contributed by atoms with Gasteiger partial charge in [-0.3, -0.25) is 0 Å². The number of nitrogens with zero attached hydrogens (tertiary/aromatic N) is 6. The van der Waals surface area contributed by atoms with E-state index in [1.807, 2.05) is 0 Å². The van der Waals surface area contributed by atoms with E-state index in [9.17, 15) is 0 Å². The molecule has 0 aromatic carbocycles. The van der Waals surface area contributed by atoms with Crippen molar-refractivity contribution in [2.24, 2.45) is 0 Å². The van der Waals surface area contributed by atoms with Crippen molar-refractivity contribution in [3.05, 3.63) is 0 Å². The molecule has 0 aliphatic heterocycles. The molecule has 0 aromatic rings. The fraction of sp³-hybridized carbons (Fsp3) is 0. The Labute approximate surface area is 168 Å². The van der Waals surface area contributed by atoms with Crippen molar-refractivity contribution in [3.63, 3.8) is 0 Å². The van der Waals surface area contributed by atoms with Crippen LogP contribution in [0, 0.1) is 64.0 Å². The van der Waals surface area contributed by atoms with Crippen molar-refractivity contribution in [2.75, 3.05) is 0 Å². The zero-order valence-electron chi connectivity index (χ0n) is 13.5. The summed E-state index contributed by atoms with van der Waals surface area (Å²) in [6.07, 6.45) is 0. The molecule has 0 radical (unpaired) electrons. The predicted molar refractivity (Wildman–Crippen MR) is 112 cm³/mol. The van der Waals surface area contributed by atoms with Crippen molar-refractivity contribution < 1.29 is 25.9 Å².